The zero-order valence-electron chi connectivity index (χ0n) is 21.5. The number of anilines is 1. The predicted octanol–water partition coefficient (Wildman–Crippen LogP) is 5.16. The smallest absolute Gasteiger partial charge is 0.269 e. The van der Waals surface area contributed by atoms with Gasteiger partial charge in [0.1, 0.15) is 5.75 Å². The van der Waals surface area contributed by atoms with Crippen LogP contribution in [0.2, 0.25) is 0 Å². The minimum atomic E-state index is -0.472. The van der Waals surface area contributed by atoms with Gasteiger partial charge in [0, 0.05) is 21.3 Å². The molecule has 0 saturated heterocycles. The maximum atomic E-state index is 12.4. The summed E-state index contributed by atoms with van der Waals surface area (Å²) in [5.74, 6) is -0.349. The quantitative estimate of drug-likeness (QED) is 0.222. The average Bonchev–Trinajstić information content (AvgIpc) is 2.88. The van der Waals surface area contributed by atoms with E-state index < -0.39 is 11.8 Å². The molecule has 0 spiro atoms. The second-order valence-electron chi connectivity index (χ2n) is 8.94. The Morgan fingerprint density at radius 1 is 0.921 bits per heavy atom. The Bertz CT molecular complexity index is 1360. The van der Waals surface area contributed by atoms with Crippen LogP contribution in [0.15, 0.2) is 65.1 Å². The number of thiocarbonyl (C=S) groups is 1. The Morgan fingerprint density at radius 2 is 1.63 bits per heavy atom. The van der Waals surface area contributed by atoms with Crippen LogP contribution in [-0.2, 0) is 4.79 Å². The summed E-state index contributed by atoms with van der Waals surface area (Å²) in [4.78, 5) is 37.1. The van der Waals surface area contributed by atoms with Crippen molar-refractivity contribution in [1.82, 2.24) is 16.2 Å². The number of amides is 3. The summed E-state index contributed by atoms with van der Waals surface area (Å²) in [6.07, 6.45) is 0. The molecule has 0 heterocycles. The van der Waals surface area contributed by atoms with E-state index in [9.17, 15) is 14.4 Å². The van der Waals surface area contributed by atoms with Crippen molar-refractivity contribution in [1.29, 1.82) is 0 Å². The average molecular weight is 598 g/mol. The number of ether oxygens (including phenoxy) is 1. The van der Waals surface area contributed by atoms with Crippen molar-refractivity contribution in [3.8, 4) is 5.75 Å². The number of rotatable bonds is 7. The summed E-state index contributed by atoms with van der Waals surface area (Å²) in [6.45, 7) is 7.70. The first-order valence-corrected chi connectivity index (χ1v) is 13.0. The van der Waals surface area contributed by atoms with E-state index in [1.54, 1.807) is 36.4 Å². The summed E-state index contributed by atoms with van der Waals surface area (Å²) in [5.41, 5.74) is 9.30. The fraction of sp³-hybridized carbons (Fsp3) is 0.214. The molecule has 38 heavy (non-hydrogen) atoms. The summed E-state index contributed by atoms with van der Waals surface area (Å²) in [6, 6.07) is 17.5. The molecule has 0 saturated carbocycles. The molecule has 0 bridgehead atoms. The molecule has 0 unspecified atom stereocenters. The number of aryl methyl sites for hydroxylation is 2. The number of hydrazine groups is 1. The zero-order valence-corrected chi connectivity index (χ0v) is 23.9. The molecule has 0 radical (unpaired) electrons. The third-order valence-electron chi connectivity index (χ3n) is 5.50. The van der Waals surface area contributed by atoms with Gasteiger partial charge in [0.25, 0.3) is 17.7 Å². The van der Waals surface area contributed by atoms with E-state index in [1.165, 1.54) is 0 Å². The van der Waals surface area contributed by atoms with E-state index in [2.05, 4.69) is 37.4 Å². The number of nitrogens with one attached hydrogen (secondary N) is 4. The minimum Gasteiger partial charge on any atom is -0.483 e. The minimum absolute atomic E-state index is 0.0787. The maximum absolute atomic E-state index is 12.4. The molecule has 0 fully saturated rings. The first-order valence-electron chi connectivity index (χ1n) is 11.8. The van der Waals surface area contributed by atoms with Gasteiger partial charge in [0.2, 0.25) is 0 Å². The van der Waals surface area contributed by atoms with E-state index in [0.29, 0.717) is 22.6 Å². The SMILES string of the molecule is Cc1cccc(C(=O)Nc2ccc(C(=O)NNC(=S)NC(=O)COc3cc(C)c(Br)cc3C(C)C)cc2)c1. The van der Waals surface area contributed by atoms with Crippen LogP contribution in [0.5, 0.6) is 5.75 Å². The van der Waals surface area contributed by atoms with Crippen molar-refractivity contribution < 1.29 is 19.1 Å². The number of carbonyl (C=O) groups is 3. The van der Waals surface area contributed by atoms with E-state index in [4.69, 9.17) is 17.0 Å². The highest BCUT2D eigenvalue weighted by Crippen LogP contribution is 2.32. The van der Waals surface area contributed by atoms with Gasteiger partial charge >= 0.3 is 0 Å². The lowest BCUT2D eigenvalue weighted by Crippen LogP contribution is -2.49. The highest BCUT2D eigenvalue weighted by molar-refractivity contribution is 9.10. The van der Waals surface area contributed by atoms with Crippen molar-refractivity contribution in [3.63, 3.8) is 0 Å². The van der Waals surface area contributed by atoms with E-state index >= 15 is 0 Å². The molecular formula is C28H29BrN4O4S. The number of halogens is 1. The number of benzene rings is 3. The third kappa shape index (κ3) is 8.12. The number of hydrogen-bond acceptors (Lipinski definition) is 5. The van der Waals surface area contributed by atoms with Gasteiger partial charge in [-0.25, -0.2) is 0 Å². The van der Waals surface area contributed by atoms with Crippen LogP contribution >= 0.6 is 28.1 Å². The summed E-state index contributed by atoms with van der Waals surface area (Å²) >= 11 is 8.61. The second kappa shape index (κ2) is 13.2. The van der Waals surface area contributed by atoms with Crippen LogP contribution in [0.3, 0.4) is 0 Å². The molecule has 3 aromatic rings. The highest BCUT2D eigenvalue weighted by Gasteiger charge is 2.14. The summed E-state index contributed by atoms with van der Waals surface area (Å²) in [7, 11) is 0. The van der Waals surface area contributed by atoms with Crippen molar-refractivity contribution >= 4 is 56.7 Å². The molecule has 10 heteroatoms. The summed E-state index contributed by atoms with van der Waals surface area (Å²) < 4.78 is 6.70. The second-order valence-corrected chi connectivity index (χ2v) is 10.2. The van der Waals surface area contributed by atoms with Crippen molar-refractivity contribution in [2.75, 3.05) is 11.9 Å². The molecule has 3 rings (SSSR count). The molecule has 0 aliphatic carbocycles. The molecule has 198 valence electrons. The Balaban J connectivity index is 1.46. The van der Waals surface area contributed by atoms with Gasteiger partial charge < -0.3 is 10.1 Å². The fourth-order valence-electron chi connectivity index (χ4n) is 3.46. The lowest BCUT2D eigenvalue weighted by molar-refractivity contribution is -0.121. The van der Waals surface area contributed by atoms with Crippen LogP contribution in [0.4, 0.5) is 5.69 Å². The first kappa shape index (κ1) is 28.8. The molecule has 3 amide bonds. The lowest BCUT2D eigenvalue weighted by atomic mass is 10.0. The Morgan fingerprint density at radius 3 is 2.29 bits per heavy atom. The topological polar surface area (TPSA) is 109 Å². The first-order chi connectivity index (χ1) is 18.0. The molecule has 0 aromatic heterocycles. The highest BCUT2D eigenvalue weighted by atomic mass is 79.9. The van der Waals surface area contributed by atoms with Gasteiger partial charge in [0.15, 0.2) is 11.7 Å². The number of hydrogen-bond donors (Lipinski definition) is 4. The van der Waals surface area contributed by atoms with E-state index in [0.717, 1.165) is 21.2 Å². The van der Waals surface area contributed by atoms with Crippen LogP contribution in [0, 0.1) is 13.8 Å². The monoisotopic (exact) mass is 596 g/mol. The Hall–Kier alpha value is -3.76. The Kier molecular flexibility index (Phi) is 9.98. The molecular weight excluding hydrogens is 568 g/mol. The lowest BCUT2D eigenvalue weighted by Gasteiger charge is -2.16. The van der Waals surface area contributed by atoms with Crippen molar-refractivity contribution in [2.45, 2.75) is 33.6 Å². The van der Waals surface area contributed by atoms with Gasteiger partial charge in [-0.1, -0.05) is 47.5 Å². The largest absolute Gasteiger partial charge is 0.483 e. The molecule has 8 nitrogen and oxygen atoms in total. The Labute approximate surface area is 235 Å². The third-order valence-corrected chi connectivity index (χ3v) is 6.56. The molecule has 0 aliphatic heterocycles. The maximum Gasteiger partial charge on any atom is 0.269 e. The van der Waals surface area contributed by atoms with Gasteiger partial charge in [-0.3, -0.25) is 30.6 Å². The van der Waals surface area contributed by atoms with E-state index in [1.807, 2.05) is 52.0 Å². The van der Waals surface area contributed by atoms with Crippen LogP contribution in [0.25, 0.3) is 0 Å². The van der Waals surface area contributed by atoms with Crippen LogP contribution in [0.1, 0.15) is 57.2 Å². The van der Waals surface area contributed by atoms with Gasteiger partial charge in [-0.05, 0) is 91.6 Å². The van der Waals surface area contributed by atoms with Gasteiger partial charge in [-0.15, -0.1) is 0 Å². The standard InChI is InChI=1S/C28H29BrN4O4S/c1-16(2)22-14-23(29)18(4)13-24(22)37-15-25(34)31-28(38)33-32-27(36)19-8-10-21(11-9-19)30-26(35)20-7-5-6-17(3)12-20/h5-14,16H,15H2,1-4H3,(H,30,35)(H,32,36)(H2,31,33,34,38). The molecule has 4 N–H and O–H groups in total. The van der Waals surface area contributed by atoms with Crippen LogP contribution < -0.4 is 26.2 Å². The summed E-state index contributed by atoms with van der Waals surface area (Å²) in [5, 5.41) is 5.18. The molecule has 3 aromatic carbocycles. The van der Waals surface area contributed by atoms with E-state index in [-0.39, 0.29) is 23.5 Å². The normalized spacial score (nSPS) is 10.5. The fourth-order valence-corrected chi connectivity index (χ4v) is 3.99. The van der Waals surface area contributed by atoms with Gasteiger partial charge in [0.05, 0.1) is 0 Å². The predicted molar refractivity (Wildman–Crippen MR) is 155 cm³/mol. The van der Waals surface area contributed by atoms with Crippen molar-refractivity contribution in [3.05, 3.63) is 93.0 Å². The van der Waals surface area contributed by atoms with Gasteiger partial charge in [-0.2, -0.15) is 0 Å². The molecule has 0 aliphatic rings. The zero-order chi connectivity index (χ0) is 27.8. The number of carbonyl (C=O) groups excluding carboxylic acids is 3. The van der Waals surface area contributed by atoms with Crippen molar-refractivity contribution in [2.24, 2.45) is 0 Å². The molecule has 0 atom stereocenters. The van der Waals surface area contributed by atoms with Crippen LogP contribution in [-0.4, -0.2) is 29.4 Å².